The Bertz CT molecular complexity index is 657. The normalized spacial score (nSPS) is 16.9. The average molecular weight is 249 g/mol. The summed E-state index contributed by atoms with van der Waals surface area (Å²) < 4.78 is 29.6. The summed E-state index contributed by atoms with van der Waals surface area (Å²) in [5, 5.41) is 0.273. The Morgan fingerprint density at radius 3 is 2.71 bits per heavy atom. The Kier molecular flexibility index (Phi) is 2.38. The molecule has 17 heavy (non-hydrogen) atoms. The zero-order valence-electron chi connectivity index (χ0n) is 9.04. The quantitative estimate of drug-likeness (QED) is 0.807. The lowest BCUT2D eigenvalue weighted by atomic mass is 10.2. The molecule has 1 aromatic carbocycles. The van der Waals surface area contributed by atoms with Crippen LogP contribution < -0.4 is 0 Å². The highest BCUT2D eigenvalue weighted by molar-refractivity contribution is 7.92. The Balaban J connectivity index is 2.23. The van der Waals surface area contributed by atoms with Crippen molar-refractivity contribution in [3.8, 4) is 0 Å². The van der Waals surface area contributed by atoms with Gasteiger partial charge in [-0.3, -0.25) is 4.98 Å². The van der Waals surface area contributed by atoms with Crippen LogP contribution in [0.2, 0.25) is 0 Å². The van der Waals surface area contributed by atoms with Gasteiger partial charge in [-0.05, 0) is 24.3 Å². The molecule has 1 aromatic heterocycles. The average Bonchev–Trinajstić information content (AvgIpc) is 2.25. The van der Waals surface area contributed by atoms with Gasteiger partial charge in [0.2, 0.25) is 0 Å². The third-order valence-electron chi connectivity index (χ3n) is 2.96. The molecule has 0 aliphatic carbocycles. The lowest BCUT2D eigenvalue weighted by Crippen LogP contribution is -2.40. The summed E-state index contributed by atoms with van der Waals surface area (Å²) in [6.45, 7) is 0.581. The molecule has 0 bridgehead atoms. The second kappa shape index (κ2) is 3.78. The summed E-state index contributed by atoms with van der Waals surface area (Å²) in [6, 6.07) is 8.71. The number of nitrogens with zero attached hydrogens (tertiary/aromatic N) is 1. The molecule has 4 nitrogen and oxygen atoms in total. The summed E-state index contributed by atoms with van der Waals surface area (Å²) in [5.74, 6) is 0. The molecule has 5 heteroatoms. The second-order valence-corrected chi connectivity index (χ2v) is 6.23. The molecule has 2 aromatic rings. The Morgan fingerprint density at radius 2 is 2.00 bits per heavy atom. The fourth-order valence-electron chi connectivity index (χ4n) is 1.90. The van der Waals surface area contributed by atoms with Crippen LogP contribution in [0.5, 0.6) is 0 Å². The van der Waals surface area contributed by atoms with Crippen molar-refractivity contribution in [3.63, 3.8) is 0 Å². The molecule has 1 aliphatic heterocycles. The lowest BCUT2D eigenvalue weighted by molar-refractivity contribution is 0.0416. The van der Waals surface area contributed by atoms with Gasteiger partial charge in [0.25, 0.3) is 0 Å². The lowest BCUT2D eigenvalue weighted by Gasteiger charge is -2.26. The third-order valence-corrected chi connectivity index (χ3v) is 5.08. The van der Waals surface area contributed by atoms with E-state index in [1.165, 1.54) is 0 Å². The maximum atomic E-state index is 12.3. The molecule has 3 rings (SSSR count). The minimum absolute atomic E-state index is 0.291. The van der Waals surface area contributed by atoms with Gasteiger partial charge in [-0.1, -0.05) is 6.07 Å². The van der Waals surface area contributed by atoms with E-state index in [0.29, 0.717) is 29.0 Å². The van der Waals surface area contributed by atoms with Crippen molar-refractivity contribution < 1.29 is 13.2 Å². The number of ether oxygens (including phenoxy) is 1. The summed E-state index contributed by atoms with van der Waals surface area (Å²) >= 11 is 0. The largest absolute Gasteiger partial charge is 0.379 e. The second-order valence-electron chi connectivity index (χ2n) is 4.03. The van der Waals surface area contributed by atoms with Gasteiger partial charge in [-0.25, -0.2) is 8.42 Å². The fourth-order valence-corrected chi connectivity index (χ4v) is 3.55. The highest BCUT2D eigenvalue weighted by Gasteiger charge is 2.34. The van der Waals surface area contributed by atoms with Crippen LogP contribution in [-0.2, 0) is 14.6 Å². The standard InChI is InChI=1S/C12H11NO3S/c14-17(15,9-7-16-8-9)12-5-1-4-11-10(12)3-2-6-13-11/h1-6,9H,7-8H2. The van der Waals surface area contributed by atoms with Crippen LogP contribution in [0, 0.1) is 0 Å². The third kappa shape index (κ3) is 1.62. The minimum atomic E-state index is -3.29. The number of hydrogen-bond acceptors (Lipinski definition) is 4. The Hall–Kier alpha value is -1.46. The van der Waals surface area contributed by atoms with Gasteiger partial charge in [-0.15, -0.1) is 0 Å². The van der Waals surface area contributed by atoms with E-state index in [0.717, 1.165) is 0 Å². The molecule has 0 unspecified atom stereocenters. The summed E-state index contributed by atoms with van der Waals surface area (Å²) in [5.41, 5.74) is 0.703. The van der Waals surface area contributed by atoms with Gasteiger partial charge in [-0.2, -0.15) is 0 Å². The van der Waals surface area contributed by atoms with Gasteiger partial charge < -0.3 is 4.74 Å². The van der Waals surface area contributed by atoms with Gasteiger partial charge >= 0.3 is 0 Å². The molecule has 0 amide bonds. The van der Waals surface area contributed by atoms with E-state index < -0.39 is 15.1 Å². The molecule has 0 spiro atoms. The molecule has 1 aliphatic rings. The van der Waals surface area contributed by atoms with Crippen LogP contribution >= 0.6 is 0 Å². The molecular weight excluding hydrogens is 238 g/mol. The van der Waals surface area contributed by atoms with Crippen molar-refractivity contribution in [2.75, 3.05) is 13.2 Å². The van der Waals surface area contributed by atoms with E-state index in [2.05, 4.69) is 4.98 Å². The molecule has 0 saturated carbocycles. The van der Waals surface area contributed by atoms with E-state index in [4.69, 9.17) is 4.74 Å². The zero-order chi connectivity index (χ0) is 11.9. The van der Waals surface area contributed by atoms with Crippen molar-refractivity contribution in [3.05, 3.63) is 36.5 Å². The van der Waals surface area contributed by atoms with Crippen molar-refractivity contribution in [2.45, 2.75) is 10.1 Å². The summed E-state index contributed by atoms with van der Waals surface area (Å²) in [7, 11) is -3.29. The first-order chi connectivity index (χ1) is 8.19. The molecule has 0 radical (unpaired) electrons. The van der Waals surface area contributed by atoms with Crippen molar-refractivity contribution in [1.29, 1.82) is 0 Å². The monoisotopic (exact) mass is 249 g/mol. The van der Waals surface area contributed by atoms with Crippen LogP contribution in [0.25, 0.3) is 10.9 Å². The highest BCUT2D eigenvalue weighted by atomic mass is 32.2. The molecule has 0 atom stereocenters. The molecule has 0 N–H and O–H groups in total. The first-order valence-corrected chi connectivity index (χ1v) is 6.89. The number of aromatic nitrogens is 1. The highest BCUT2D eigenvalue weighted by Crippen LogP contribution is 2.27. The first-order valence-electron chi connectivity index (χ1n) is 5.35. The summed E-state index contributed by atoms with van der Waals surface area (Å²) in [6.07, 6.45) is 1.66. The Labute approximate surface area is 99.2 Å². The Morgan fingerprint density at radius 1 is 1.18 bits per heavy atom. The van der Waals surface area contributed by atoms with E-state index in [1.54, 1.807) is 30.5 Å². The van der Waals surface area contributed by atoms with Crippen LogP contribution in [0.1, 0.15) is 0 Å². The molecular formula is C12H11NO3S. The van der Waals surface area contributed by atoms with Crippen LogP contribution in [-0.4, -0.2) is 31.9 Å². The van der Waals surface area contributed by atoms with Gasteiger partial charge in [0, 0.05) is 11.6 Å². The van der Waals surface area contributed by atoms with E-state index in [9.17, 15) is 8.42 Å². The minimum Gasteiger partial charge on any atom is -0.379 e. The number of fused-ring (bicyclic) bond motifs is 1. The molecule has 2 heterocycles. The number of pyridine rings is 1. The molecule has 1 saturated heterocycles. The van der Waals surface area contributed by atoms with Crippen molar-refractivity contribution in [1.82, 2.24) is 4.98 Å². The summed E-state index contributed by atoms with van der Waals surface area (Å²) in [4.78, 5) is 4.52. The SMILES string of the molecule is O=S(=O)(c1cccc2ncccc12)C1COC1. The van der Waals surface area contributed by atoms with E-state index in [-0.39, 0.29) is 0 Å². The van der Waals surface area contributed by atoms with Crippen LogP contribution in [0.4, 0.5) is 0 Å². The van der Waals surface area contributed by atoms with E-state index >= 15 is 0 Å². The van der Waals surface area contributed by atoms with Crippen LogP contribution in [0.3, 0.4) is 0 Å². The van der Waals surface area contributed by atoms with Gasteiger partial charge in [0.05, 0.1) is 23.6 Å². The predicted molar refractivity (Wildman–Crippen MR) is 63.5 cm³/mol. The van der Waals surface area contributed by atoms with Crippen LogP contribution in [0.15, 0.2) is 41.4 Å². The first kappa shape index (κ1) is 10.7. The zero-order valence-corrected chi connectivity index (χ0v) is 9.85. The predicted octanol–water partition coefficient (Wildman–Crippen LogP) is 1.41. The fraction of sp³-hybridized carbons (Fsp3) is 0.250. The molecule has 88 valence electrons. The maximum absolute atomic E-state index is 12.3. The molecule has 1 fully saturated rings. The number of sulfone groups is 1. The maximum Gasteiger partial charge on any atom is 0.186 e. The smallest absolute Gasteiger partial charge is 0.186 e. The van der Waals surface area contributed by atoms with E-state index in [1.807, 2.05) is 6.07 Å². The van der Waals surface area contributed by atoms with Gasteiger partial charge in [0.1, 0.15) is 5.25 Å². The van der Waals surface area contributed by atoms with Crippen molar-refractivity contribution >= 4 is 20.7 Å². The number of hydrogen-bond donors (Lipinski definition) is 0. The topological polar surface area (TPSA) is 56.3 Å². The number of benzene rings is 1. The number of rotatable bonds is 2. The van der Waals surface area contributed by atoms with Crippen molar-refractivity contribution in [2.24, 2.45) is 0 Å². The van der Waals surface area contributed by atoms with Gasteiger partial charge in [0.15, 0.2) is 9.84 Å².